The molecule has 1 saturated carbocycles. The van der Waals surface area contributed by atoms with E-state index in [0.717, 1.165) is 5.56 Å². The van der Waals surface area contributed by atoms with Crippen molar-refractivity contribution in [1.29, 1.82) is 0 Å². The fourth-order valence-electron chi connectivity index (χ4n) is 4.84. The summed E-state index contributed by atoms with van der Waals surface area (Å²) in [6.07, 6.45) is 3.45. The SMILES string of the molecule is C=CC[C@@]12C=C(OC)C(=O)[C@@H]([C@@H](c3ccc4c(c3)OCO4)[C@@H]1C)[C@@H]2O. The highest BCUT2D eigenvalue weighted by atomic mass is 16.7. The number of carbonyl (C=O) groups is 1. The Morgan fingerprint density at radius 1 is 1.36 bits per heavy atom. The highest BCUT2D eigenvalue weighted by molar-refractivity contribution is 5.98. The second-order valence-electron chi connectivity index (χ2n) is 7.08. The summed E-state index contributed by atoms with van der Waals surface area (Å²) in [4.78, 5) is 12.9. The summed E-state index contributed by atoms with van der Waals surface area (Å²) in [6, 6.07) is 5.76. The van der Waals surface area contributed by atoms with Crippen LogP contribution in [0.1, 0.15) is 24.8 Å². The van der Waals surface area contributed by atoms with Gasteiger partial charge < -0.3 is 19.3 Å². The van der Waals surface area contributed by atoms with Gasteiger partial charge in [-0.05, 0) is 36.1 Å². The maximum Gasteiger partial charge on any atom is 0.231 e. The minimum Gasteiger partial charge on any atom is -0.493 e. The van der Waals surface area contributed by atoms with Crippen molar-refractivity contribution in [3.63, 3.8) is 0 Å². The van der Waals surface area contributed by atoms with Gasteiger partial charge in [0.05, 0.1) is 19.1 Å². The van der Waals surface area contributed by atoms with E-state index in [-0.39, 0.29) is 24.4 Å². The van der Waals surface area contributed by atoms with Gasteiger partial charge in [0.1, 0.15) is 0 Å². The lowest BCUT2D eigenvalue weighted by Gasteiger charge is -2.36. The first kappa shape index (κ1) is 16.2. The monoisotopic (exact) mass is 342 g/mol. The van der Waals surface area contributed by atoms with E-state index in [1.807, 2.05) is 24.3 Å². The largest absolute Gasteiger partial charge is 0.493 e. The van der Waals surface area contributed by atoms with Crippen molar-refractivity contribution < 1.29 is 24.1 Å². The molecule has 0 aromatic heterocycles. The van der Waals surface area contributed by atoms with Crippen LogP contribution in [-0.4, -0.2) is 30.9 Å². The summed E-state index contributed by atoms with van der Waals surface area (Å²) < 4.78 is 16.2. The first-order valence-electron chi connectivity index (χ1n) is 8.53. The van der Waals surface area contributed by atoms with Gasteiger partial charge in [-0.3, -0.25) is 4.79 Å². The van der Waals surface area contributed by atoms with Crippen LogP contribution in [0.15, 0.2) is 42.7 Å². The molecule has 0 amide bonds. The summed E-state index contributed by atoms with van der Waals surface area (Å²) in [7, 11) is 1.50. The summed E-state index contributed by atoms with van der Waals surface area (Å²) in [5.41, 5.74) is 0.429. The Kier molecular flexibility index (Phi) is 3.65. The van der Waals surface area contributed by atoms with Gasteiger partial charge in [-0.25, -0.2) is 0 Å². The lowest BCUT2D eigenvalue weighted by molar-refractivity contribution is -0.128. The smallest absolute Gasteiger partial charge is 0.231 e. The molecule has 0 saturated heterocycles. The van der Waals surface area contributed by atoms with E-state index in [1.165, 1.54) is 7.11 Å². The molecule has 1 heterocycles. The Bertz CT molecular complexity index is 767. The molecular formula is C20H22O5. The zero-order chi connectivity index (χ0) is 17.8. The minimum absolute atomic E-state index is 0.0440. The summed E-state index contributed by atoms with van der Waals surface area (Å²) >= 11 is 0. The molecule has 0 radical (unpaired) electrons. The fraction of sp³-hybridized carbons (Fsp3) is 0.450. The Balaban J connectivity index is 1.83. The van der Waals surface area contributed by atoms with E-state index in [0.29, 0.717) is 23.7 Å². The first-order valence-corrected chi connectivity index (χ1v) is 8.53. The van der Waals surface area contributed by atoms with Gasteiger partial charge in [0.2, 0.25) is 12.6 Å². The summed E-state index contributed by atoms with van der Waals surface area (Å²) in [6.45, 7) is 6.14. The van der Waals surface area contributed by atoms with Crippen LogP contribution < -0.4 is 9.47 Å². The molecule has 1 N–H and O–H groups in total. The van der Waals surface area contributed by atoms with Crippen molar-refractivity contribution in [1.82, 2.24) is 0 Å². The van der Waals surface area contributed by atoms with Crippen LogP contribution in [0, 0.1) is 17.3 Å². The van der Waals surface area contributed by atoms with E-state index in [2.05, 4.69) is 13.5 Å². The average Bonchev–Trinajstić information content (AvgIpc) is 3.13. The molecule has 1 aliphatic heterocycles. The predicted octanol–water partition coefficient (Wildman–Crippen LogP) is 2.80. The van der Waals surface area contributed by atoms with Crippen LogP contribution in [0.5, 0.6) is 11.5 Å². The number of aliphatic hydroxyl groups excluding tert-OH is 1. The van der Waals surface area contributed by atoms with Crippen molar-refractivity contribution in [2.75, 3.05) is 13.9 Å². The average molecular weight is 342 g/mol. The predicted molar refractivity (Wildman–Crippen MR) is 91.3 cm³/mol. The minimum atomic E-state index is -0.762. The van der Waals surface area contributed by atoms with Crippen LogP contribution in [0.2, 0.25) is 0 Å². The molecule has 1 aromatic carbocycles. The number of allylic oxidation sites excluding steroid dienone is 2. The van der Waals surface area contributed by atoms with Gasteiger partial charge in [0.15, 0.2) is 17.3 Å². The van der Waals surface area contributed by atoms with Crippen molar-refractivity contribution in [3.8, 4) is 11.5 Å². The van der Waals surface area contributed by atoms with Crippen molar-refractivity contribution in [2.24, 2.45) is 17.3 Å². The number of carbonyl (C=O) groups excluding carboxylic acids is 1. The van der Waals surface area contributed by atoms with Gasteiger partial charge in [-0.1, -0.05) is 19.1 Å². The van der Waals surface area contributed by atoms with Crippen LogP contribution in [0.4, 0.5) is 0 Å². The van der Waals surface area contributed by atoms with Crippen molar-refractivity contribution in [3.05, 3.63) is 48.3 Å². The highest BCUT2D eigenvalue weighted by Crippen LogP contribution is 2.61. The standard InChI is InChI=1S/C20H22O5/c1-4-7-20-9-15(23-3)18(21)17(19(20)22)16(11(20)2)12-5-6-13-14(8-12)25-10-24-13/h4-6,8-9,11,16-17,19,22H,1,7,10H2,2-3H3/t11-,16+,17+,19-,20+/m0/s1. The van der Waals surface area contributed by atoms with Gasteiger partial charge in [0.25, 0.3) is 0 Å². The second kappa shape index (κ2) is 5.63. The molecule has 132 valence electrons. The lowest BCUT2D eigenvalue weighted by atomic mass is 9.70. The molecule has 4 rings (SSSR count). The van der Waals surface area contributed by atoms with Crippen LogP contribution in [-0.2, 0) is 9.53 Å². The number of fused-ring (bicyclic) bond motifs is 3. The van der Waals surface area contributed by atoms with E-state index >= 15 is 0 Å². The molecule has 5 nitrogen and oxygen atoms in total. The zero-order valence-electron chi connectivity index (χ0n) is 14.4. The molecular weight excluding hydrogens is 320 g/mol. The Labute approximate surface area is 146 Å². The molecule has 5 atom stereocenters. The zero-order valence-corrected chi connectivity index (χ0v) is 14.4. The van der Waals surface area contributed by atoms with Gasteiger partial charge in [0, 0.05) is 11.3 Å². The maximum atomic E-state index is 12.9. The number of aliphatic hydroxyl groups is 1. The molecule has 3 aliphatic rings. The first-order chi connectivity index (χ1) is 12.0. The number of hydrogen-bond acceptors (Lipinski definition) is 5. The molecule has 0 spiro atoms. The molecule has 2 bridgehead atoms. The third kappa shape index (κ3) is 2.08. The number of rotatable bonds is 4. The van der Waals surface area contributed by atoms with E-state index in [9.17, 15) is 9.90 Å². The normalized spacial score (nSPS) is 35.5. The number of Topliss-reactive ketones (excluding diaryl/α,β-unsaturated/α-hetero) is 1. The van der Waals surface area contributed by atoms with Gasteiger partial charge >= 0.3 is 0 Å². The van der Waals surface area contributed by atoms with Crippen LogP contribution in [0.25, 0.3) is 0 Å². The molecule has 5 heteroatoms. The Hall–Kier alpha value is -2.27. The van der Waals surface area contributed by atoms with Crippen LogP contribution in [0.3, 0.4) is 0 Å². The molecule has 2 aliphatic carbocycles. The number of ether oxygens (including phenoxy) is 3. The Morgan fingerprint density at radius 2 is 2.12 bits per heavy atom. The quantitative estimate of drug-likeness (QED) is 0.853. The number of hydrogen-bond donors (Lipinski definition) is 1. The summed E-state index contributed by atoms with van der Waals surface area (Å²) in [5.74, 6) is 0.985. The lowest BCUT2D eigenvalue weighted by Crippen LogP contribution is -2.42. The molecule has 1 aromatic rings. The fourth-order valence-corrected chi connectivity index (χ4v) is 4.84. The highest BCUT2D eigenvalue weighted by Gasteiger charge is 2.62. The summed E-state index contributed by atoms with van der Waals surface area (Å²) in [5, 5.41) is 11.0. The second-order valence-corrected chi connectivity index (χ2v) is 7.08. The topological polar surface area (TPSA) is 65.0 Å². The third-order valence-electron chi connectivity index (χ3n) is 6.11. The van der Waals surface area contributed by atoms with Gasteiger partial charge in [-0.2, -0.15) is 0 Å². The van der Waals surface area contributed by atoms with Crippen molar-refractivity contribution >= 4 is 5.78 Å². The molecule has 25 heavy (non-hydrogen) atoms. The molecule has 0 unspecified atom stereocenters. The number of ketones is 1. The third-order valence-corrected chi connectivity index (χ3v) is 6.11. The number of benzene rings is 1. The van der Waals surface area contributed by atoms with Gasteiger partial charge in [-0.15, -0.1) is 6.58 Å². The maximum absolute atomic E-state index is 12.9. The van der Waals surface area contributed by atoms with Crippen LogP contribution >= 0.6 is 0 Å². The van der Waals surface area contributed by atoms with E-state index in [1.54, 1.807) is 6.08 Å². The van der Waals surface area contributed by atoms with E-state index in [4.69, 9.17) is 14.2 Å². The Morgan fingerprint density at radius 3 is 2.84 bits per heavy atom. The van der Waals surface area contributed by atoms with E-state index < -0.39 is 17.4 Å². The number of methoxy groups -OCH3 is 1. The van der Waals surface area contributed by atoms with Crippen molar-refractivity contribution in [2.45, 2.75) is 25.4 Å². The molecule has 1 fully saturated rings.